The van der Waals surface area contributed by atoms with Crippen LogP contribution in [0.1, 0.15) is 13.8 Å². The average molecular weight is 289 g/mol. The number of halogens is 2. The van der Waals surface area contributed by atoms with E-state index in [0.29, 0.717) is 0 Å². The second-order valence-corrected chi connectivity index (χ2v) is 4.62. The number of carbonyl (C=O) groups excluding carboxylic acids is 2. The molecule has 0 heterocycles. The van der Waals surface area contributed by atoms with Crippen molar-refractivity contribution < 1.29 is 18.7 Å². The summed E-state index contributed by atoms with van der Waals surface area (Å²) >= 11 is 5.80. The van der Waals surface area contributed by atoms with E-state index in [0.717, 1.165) is 12.1 Å². The molecule has 1 aromatic rings. The standard InChI is InChI=1S/C12H14ClFN2O3/c1-6(2)10(11(17)16-12(15)18)19-9-4-3-7(14)5-8(9)13/h3-6,10H,1-2H3,(H3,15,16,17,18)/t10-/m1/s1. The second kappa shape index (κ2) is 6.38. The van der Waals surface area contributed by atoms with Gasteiger partial charge in [0, 0.05) is 0 Å². The first-order valence-electron chi connectivity index (χ1n) is 5.53. The summed E-state index contributed by atoms with van der Waals surface area (Å²) in [5.74, 6) is -1.27. The van der Waals surface area contributed by atoms with Crippen molar-refractivity contribution in [1.82, 2.24) is 5.32 Å². The van der Waals surface area contributed by atoms with Gasteiger partial charge in [-0.05, 0) is 24.1 Å². The van der Waals surface area contributed by atoms with Crippen LogP contribution in [-0.2, 0) is 4.79 Å². The van der Waals surface area contributed by atoms with Crippen LogP contribution in [-0.4, -0.2) is 18.0 Å². The molecule has 1 atom stereocenters. The van der Waals surface area contributed by atoms with Crippen LogP contribution in [0.4, 0.5) is 9.18 Å². The van der Waals surface area contributed by atoms with Crippen molar-refractivity contribution in [2.75, 3.05) is 0 Å². The van der Waals surface area contributed by atoms with E-state index >= 15 is 0 Å². The van der Waals surface area contributed by atoms with Gasteiger partial charge in [-0.15, -0.1) is 0 Å². The van der Waals surface area contributed by atoms with Gasteiger partial charge in [0.25, 0.3) is 5.91 Å². The van der Waals surface area contributed by atoms with Gasteiger partial charge in [-0.1, -0.05) is 25.4 Å². The minimum atomic E-state index is -0.968. The summed E-state index contributed by atoms with van der Waals surface area (Å²) in [4.78, 5) is 22.4. The Morgan fingerprint density at radius 2 is 2.05 bits per heavy atom. The van der Waals surface area contributed by atoms with Gasteiger partial charge < -0.3 is 10.5 Å². The number of amides is 3. The molecule has 0 aliphatic heterocycles. The first-order chi connectivity index (χ1) is 8.81. The number of hydrogen-bond donors (Lipinski definition) is 2. The van der Waals surface area contributed by atoms with Crippen molar-refractivity contribution in [3.63, 3.8) is 0 Å². The summed E-state index contributed by atoms with van der Waals surface area (Å²) < 4.78 is 18.3. The third-order valence-corrected chi connectivity index (χ3v) is 2.55. The lowest BCUT2D eigenvalue weighted by Gasteiger charge is -2.21. The molecular weight excluding hydrogens is 275 g/mol. The van der Waals surface area contributed by atoms with Crippen molar-refractivity contribution in [2.24, 2.45) is 11.7 Å². The Morgan fingerprint density at radius 1 is 1.42 bits per heavy atom. The maximum Gasteiger partial charge on any atom is 0.318 e. The highest BCUT2D eigenvalue weighted by molar-refractivity contribution is 6.32. The zero-order valence-electron chi connectivity index (χ0n) is 10.4. The van der Waals surface area contributed by atoms with Crippen molar-refractivity contribution in [2.45, 2.75) is 20.0 Å². The molecule has 104 valence electrons. The number of imide groups is 1. The molecule has 0 unspecified atom stereocenters. The third-order valence-electron chi connectivity index (χ3n) is 2.26. The SMILES string of the molecule is CC(C)[C@@H](Oc1ccc(F)cc1Cl)C(=O)NC(N)=O. The van der Waals surface area contributed by atoms with Gasteiger partial charge in [0.1, 0.15) is 11.6 Å². The van der Waals surface area contributed by atoms with Crippen molar-refractivity contribution in [1.29, 1.82) is 0 Å². The lowest BCUT2D eigenvalue weighted by molar-refractivity contribution is -0.128. The maximum absolute atomic E-state index is 12.9. The smallest absolute Gasteiger partial charge is 0.318 e. The van der Waals surface area contributed by atoms with Crippen LogP contribution >= 0.6 is 11.6 Å². The first-order valence-corrected chi connectivity index (χ1v) is 5.91. The first kappa shape index (κ1) is 15.2. The molecule has 3 N–H and O–H groups in total. The molecule has 0 aromatic heterocycles. The van der Waals surface area contributed by atoms with Crippen molar-refractivity contribution >= 4 is 23.5 Å². The molecule has 0 radical (unpaired) electrons. The molecule has 3 amide bonds. The molecule has 0 aliphatic carbocycles. The number of hydrogen-bond acceptors (Lipinski definition) is 3. The van der Waals surface area contributed by atoms with Gasteiger partial charge in [0.2, 0.25) is 0 Å². The molecule has 0 saturated heterocycles. The number of rotatable bonds is 4. The Labute approximate surface area is 114 Å². The topological polar surface area (TPSA) is 81.4 Å². The minimum absolute atomic E-state index is 0.0394. The number of carbonyl (C=O) groups is 2. The second-order valence-electron chi connectivity index (χ2n) is 4.21. The van der Waals surface area contributed by atoms with Crippen molar-refractivity contribution in [3.05, 3.63) is 29.0 Å². The number of nitrogens with two attached hydrogens (primary N) is 1. The third kappa shape index (κ3) is 4.40. The quantitative estimate of drug-likeness (QED) is 0.890. The van der Waals surface area contributed by atoms with Gasteiger partial charge in [-0.25, -0.2) is 9.18 Å². The molecule has 0 aliphatic rings. The monoisotopic (exact) mass is 288 g/mol. The highest BCUT2D eigenvalue weighted by Crippen LogP contribution is 2.27. The highest BCUT2D eigenvalue weighted by atomic mass is 35.5. The molecular formula is C12H14ClFN2O3. The number of primary amides is 1. The van der Waals surface area contributed by atoms with E-state index in [1.54, 1.807) is 13.8 Å². The molecule has 19 heavy (non-hydrogen) atoms. The Balaban J connectivity index is 2.89. The van der Waals surface area contributed by atoms with Crippen LogP contribution in [0, 0.1) is 11.7 Å². The van der Waals surface area contributed by atoms with Gasteiger partial charge in [0.15, 0.2) is 6.10 Å². The van der Waals surface area contributed by atoms with Gasteiger partial charge >= 0.3 is 6.03 Å². The van der Waals surface area contributed by atoms with Crippen LogP contribution in [0.2, 0.25) is 5.02 Å². The number of ether oxygens (including phenoxy) is 1. The van der Waals surface area contributed by atoms with E-state index in [4.69, 9.17) is 22.1 Å². The summed E-state index contributed by atoms with van der Waals surface area (Å²) in [6.07, 6.45) is -0.963. The summed E-state index contributed by atoms with van der Waals surface area (Å²) in [7, 11) is 0. The number of urea groups is 1. The van der Waals surface area contributed by atoms with Crippen LogP contribution in [0.25, 0.3) is 0 Å². The van der Waals surface area contributed by atoms with Crippen LogP contribution in [0.5, 0.6) is 5.75 Å². The maximum atomic E-state index is 12.9. The molecule has 1 aromatic carbocycles. The van der Waals surface area contributed by atoms with Crippen LogP contribution < -0.4 is 15.8 Å². The fourth-order valence-electron chi connectivity index (χ4n) is 1.39. The molecule has 0 spiro atoms. The van der Waals surface area contributed by atoms with E-state index < -0.39 is 23.9 Å². The lowest BCUT2D eigenvalue weighted by atomic mass is 10.1. The fraction of sp³-hybridized carbons (Fsp3) is 0.333. The Morgan fingerprint density at radius 3 is 2.53 bits per heavy atom. The largest absolute Gasteiger partial charge is 0.479 e. The van der Waals surface area contributed by atoms with E-state index in [2.05, 4.69) is 0 Å². The predicted octanol–water partition coefficient (Wildman–Crippen LogP) is 2.08. The van der Waals surface area contributed by atoms with Gasteiger partial charge in [0.05, 0.1) is 5.02 Å². The normalized spacial score (nSPS) is 12.1. The van der Waals surface area contributed by atoms with E-state index in [1.807, 2.05) is 5.32 Å². The zero-order chi connectivity index (χ0) is 14.6. The summed E-state index contributed by atoms with van der Waals surface area (Å²) in [5.41, 5.74) is 4.87. The molecule has 0 saturated carbocycles. The van der Waals surface area contributed by atoms with E-state index in [-0.39, 0.29) is 16.7 Å². The lowest BCUT2D eigenvalue weighted by Crippen LogP contribution is -2.46. The van der Waals surface area contributed by atoms with Crippen molar-refractivity contribution in [3.8, 4) is 5.75 Å². The summed E-state index contributed by atoms with van der Waals surface area (Å²) in [6, 6.07) is 2.57. The average Bonchev–Trinajstić information content (AvgIpc) is 2.26. The highest BCUT2D eigenvalue weighted by Gasteiger charge is 2.26. The van der Waals surface area contributed by atoms with Crippen LogP contribution in [0.15, 0.2) is 18.2 Å². The van der Waals surface area contributed by atoms with Gasteiger partial charge in [-0.3, -0.25) is 10.1 Å². The van der Waals surface area contributed by atoms with Crippen LogP contribution in [0.3, 0.4) is 0 Å². The van der Waals surface area contributed by atoms with Gasteiger partial charge in [-0.2, -0.15) is 0 Å². The number of nitrogens with one attached hydrogen (secondary N) is 1. The Kier molecular flexibility index (Phi) is 5.11. The zero-order valence-corrected chi connectivity index (χ0v) is 11.2. The summed E-state index contributed by atoms with van der Waals surface area (Å²) in [6.45, 7) is 3.45. The molecule has 1 rings (SSSR count). The molecule has 0 bridgehead atoms. The van der Waals surface area contributed by atoms with E-state index in [9.17, 15) is 14.0 Å². The molecule has 0 fully saturated rings. The fourth-order valence-corrected chi connectivity index (χ4v) is 1.60. The predicted molar refractivity (Wildman–Crippen MR) is 68.4 cm³/mol. The molecule has 5 nitrogen and oxygen atoms in total. The Hall–Kier alpha value is -1.82. The minimum Gasteiger partial charge on any atom is -0.479 e. The molecule has 7 heteroatoms. The summed E-state index contributed by atoms with van der Waals surface area (Å²) in [5, 5.41) is 1.97. The van der Waals surface area contributed by atoms with E-state index in [1.165, 1.54) is 6.07 Å². The number of benzene rings is 1. The Bertz CT molecular complexity index is 494.